The minimum absolute atomic E-state index is 0.00302. The third-order valence-corrected chi connectivity index (χ3v) is 9.25. The SMILES string of the molecule is C=C1C(=O)[C@]23C[C@@]1(O)C[C@H](OC(C)=O)[C@H]2[C@@]1(C)[C@H](C[C@H]3O)[C@](C)(COC(C)=O)CC[C@@H]1O. The molecular formula is C24H34O8. The largest absolute Gasteiger partial charge is 0.465 e. The molecule has 4 saturated carbocycles. The molecule has 0 aromatic rings. The van der Waals surface area contributed by atoms with Crippen LogP contribution in [0.4, 0.5) is 0 Å². The molecule has 178 valence electrons. The first-order chi connectivity index (χ1) is 14.7. The van der Waals surface area contributed by atoms with Gasteiger partial charge in [0.1, 0.15) is 6.10 Å². The molecule has 1 spiro atoms. The van der Waals surface area contributed by atoms with Crippen molar-refractivity contribution in [1.82, 2.24) is 0 Å². The first-order valence-electron chi connectivity index (χ1n) is 11.4. The van der Waals surface area contributed by atoms with Crippen LogP contribution in [0.1, 0.15) is 59.8 Å². The Bertz CT molecular complexity index is 883. The van der Waals surface area contributed by atoms with Gasteiger partial charge in [-0.25, -0.2) is 0 Å². The summed E-state index contributed by atoms with van der Waals surface area (Å²) in [7, 11) is 0. The molecule has 4 fully saturated rings. The zero-order chi connectivity index (χ0) is 23.9. The van der Waals surface area contributed by atoms with Gasteiger partial charge < -0.3 is 24.8 Å². The Morgan fingerprint density at radius 3 is 2.41 bits per heavy atom. The van der Waals surface area contributed by atoms with Gasteiger partial charge in [-0.15, -0.1) is 0 Å². The van der Waals surface area contributed by atoms with E-state index >= 15 is 0 Å². The monoisotopic (exact) mass is 450 g/mol. The topological polar surface area (TPSA) is 130 Å². The summed E-state index contributed by atoms with van der Waals surface area (Å²) >= 11 is 0. The molecule has 0 unspecified atom stereocenters. The van der Waals surface area contributed by atoms with Crippen LogP contribution in [0.2, 0.25) is 0 Å². The molecule has 0 radical (unpaired) electrons. The van der Waals surface area contributed by atoms with Crippen molar-refractivity contribution in [2.75, 3.05) is 6.61 Å². The molecule has 8 heteroatoms. The molecule has 0 aromatic heterocycles. The van der Waals surface area contributed by atoms with Crippen molar-refractivity contribution in [3.8, 4) is 0 Å². The highest BCUT2D eigenvalue weighted by atomic mass is 16.5. The Kier molecular flexibility index (Phi) is 5.20. The predicted molar refractivity (Wildman–Crippen MR) is 112 cm³/mol. The van der Waals surface area contributed by atoms with Crippen molar-refractivity contribution in [3.05, 3.63) is 12.2 Å². The van der Waals surface area contributed by atoms with Gasteiger partial charge in [0.15, 0.2) is 5.78 Å². The molecule has 0 aromatic carbocycles. The summed E-state index contributed by atoms with van der Waals surface area (Å²) in [4.78, 5) is 37.2. The lowest BCUT2D eigenvalue weighted by Crippen LogP contribution is -2.71. The summed E-state index contributed by atoms with van der Waals surface area (Å²) in [5.41, 5.74) is -4.38. The Balaban J connectivity index is 1.88. The maximum absolute atomic E-state index is 13.6. The van der Waals surface area contributed by atoms with E-state index in [-0.39, 0.29) is 37.4 Å². The van der Waals surface area contributed by atoms with Crippen LogP contribution < -0.4 is 0 Å². The van der Waals surface area contributed by atoms with E-state index in [2.05, 4.69) is 6.58 Å². The van der Waals surface area contributed by atoms with Gasteiger partial charge in [0.2, 0.25) is 0 Å². The summed E-state index contributed by atoms with van der Waals surface area (Å²) in [6.45, 7) is 10.4. The molecule has 0 aliphatic heterocycles. The van der Waals surface area contributed by atoms with E-state index in [9.17, 15) is 29.7 Å². The molecule has 32 heavy (non-hydrogen) atoms. The Morgan fingerprint density at radius 2 is 1.81 bits per heavy atom. The van der Waals surface area contributed by atoms with E-state index in [0.717, 1.165) is 0 Å². The van der Waals surface area contributed by atoms with Crippen LogP contribution in [0.3, 0.4) is 0 Å². The van der Waals surface area contributed by atoms with Crippen molar-refractivity contribution in [2.24, 2.45) is 28.1 Å². The lowest BCUT2D eigenvalue weighted by Gasteiger charge is -2.67. The lowest BCUT2D eigenvalue weighted by molar-refractivity contribution is -0.270. The Labute approximate surface area is 188 Å². The van der Waals surface area contributed by atoms with Gasteiger partial charge >= 0.3 is 11.9 Å². The number of carbonyl (C=O) groups excluding carboxylic acids is 3. The molecule has 0 heterocycles. The highest BCUT2D eigenvalue weighted by Gasteiger charge is 2.77. The van der Waals surface area contributed by atoms with Crippen molar-refractivity contribution in [2.45, 2.75) is 83.7 Å². The highest BCUT2D eigenvalue weighted by Crippen LogP contribution is 2.72. The first kappa shape index (κ1) is 23.4. The molecule has 8 nitrogen and oxygen atoms in total. The Hall–Kier alpha value is -1.77. The van der Waals surface area contributed by atoms with Gasteiger partial charge in [-0.3, -0.25) is 14.4 Å². The van der Waals surface area contributed by atoms with E-state index in [4.69, 9.17) is 9.47 Å². The molecule has 9 atom stereocenters. The zero-order valence-corrected chi connectivity index (χ0v) is 19.2. The van der Waals surface area contributed by atoms with Crippen LogP contribution in [0.5, 0.6) is 0 Å². The van der Waals surface area contributed by atoms with Crippen LogP contribution in [-0.4, -0.2) is 63.6 Å². The van der Waals surface area contributed by atoms with Gasteiger partial charge in [0.25, 0.3) is 0 Å². The highest BCUT2D eigenvalue weighted by molar-refractivity contribution is 6.05. The second-order valence-corrected chi connectivity index (χ2v) is 11.0. The van der Waals surface area contributed by atoms with E-state index in [1.165, 1.54) is 13.8 Å². The summed E-state index contributed by atoms with van der Waals surface area (Å²) in [6.07, 6.45) is -1.63. The summed E-state index contributed by atoms with van der Waals surface area (Å²) in [5, 5.41) is 34.1. The number of hydrogen-bond acceptors (Lipinski definition) is 8. The van der Waals surface area contributed by atoms with Gasteiger partial charge in [0, 0.05) is 42.6 Å². The quantitative estimate of drug-likeness (QED) is 0.433. The molecule has 0 amide bonds. The maximum Gasteiger partial charge on any atom is 0.302 e. The number of Topliss-reactive ketones (excluding diaryl/α,β-unsaturated/α-hetero) is 1. The van der Waals surface area contributed by atoms with Crippen LogP contribution >= 0.6 is 0 Å². The van der Waals surface area contributed by atoms with Crippen molar-refractivity contribution >= 4 is 17.7 Å². The predicted octanol–water partition coefficient (Wildman–Crippen LogP) is 1.30. The number of rotatable bonds is 3. The second kappa shape index (κ2) is 7.11. The smallest absolute Gasteiger partial charge is 0.302 e. The van der Waals surface area contributed by atoms with Crippen LogP contribution in [0.25, 0.3) is 0 Å². The Morgan fingerprint density at radius 1 is 1.16 bits per heavy atom. The van der Waals surface area contributed by atoms with Crippen LogP contribution in [-0.2, 0) is 23.9 Å². The summed E-state index contributed by atoms with van der Waals surface area (Å²) < 4.78 is 11.1. The van der Waals surface area contributed by atoms with Gasteiger partial charge in [0.05, 0.1) is 29.8 Å². The third kappa shape index (κ3) is 2.88. The fraction of sp³-hybridized carbons (Fsp3) is 0.792. The lowest BCUT2D eigenvalue weighted by atomic mass is 9.38. The fourth-order valence-corrected chi connectivity index (χ4v) is 7.92. The second-order valence-electron chi connectivity index (χ2n) is 11.0. The molecular weight excluding hydrogens is 416 g/mol. The number of aliphatic hydroxyl groups is 3. The van der Waals surface area contributed by atoms with Crippen LogP contribution in [0, 0.1) is 28.1 Å². The zero-order valence-electron chi connectivity index (χ0n) is 19.2. The molecule has 3 N–H and O–H groups in total. The van der Waals surface area contributed by atoms with E-state index < -0.39 is 63.8 Å². The number of ketones is 1. The minimum atomic E-state index is -1.56. The van der Waals surface area contributed by atoms with Crippen molar-refractivity contribution in [1.29, 1.82) is 0 Å². The van der Waals surface area contributed by atoms with Gasteiger partial charge in [-0.05, 0) is 31.6 Å². The minimum Gasteiger partial charge on any atom is -0.465 e. The molecule has 4 rings (SSSR count). The molecule has 4 aliphatic rings. The van der Waals surface area contributed by atoms with E-state index in [1.807, 2.05) is 13.8 Å². The van der Waals surface area contributed by atoms with E-state index in [0.29, 0.717) is 12.8 Å². The first-order valence-corrected chi connectivity index (χ1v) is 11.4. The number of hydrogen-bond donors (Lipinski definition) is 3. The van der Waals surface area contributed by atoms with Crippen molar-refractivity contribution in [3.63, 3.8) is 0 Å². The van der Waals surface area contributed by atoms with Gasteiger partial charge in [-0.2, -0.15) is 0 Å². The maximum atomic E-state index is 13.6. The van der Waals surface area contributed by atoms with Crippen LogP contribution in [0.15, 0.2) is 12.2 Å². The normalized spacial score (nSPS) is 49.8. The van der Waals surface area contributed by atoms with Crippen molar-refractivity contribution < 1.29 is 39.2 Å². The standard InChI is InChI=1S/C24H34O8/c1-12-20(29)24-10-23(12,30)9-15(32-14(3)26)19(24)22(5)16(8-18(24)28)21(4,7-6-17(22)27)11-31-13(2)25/h15-19,27-28,30H,1,6-11H2,2-5H3/t15-,16+,17-,18+,19-,21-,22-,23-,24-/m0/s1. The number of carbonyl (C=O) groups is 3. The average Bonchev–Trinajstić information content (AvgIpc) is 2.84. The number of fused-ring (bicyclic) bond motifs is 3. The summed E-state index contributed by atoms with van der Waals surface area (Å²) in [5.74, 6) is -2.40. The summed E-state index contributed by atoms with van der Waals surface area (Å²) in [6, 6.07) is 0. The number of ether oxygens (including phenoxy) is 2. The molecule has 0 saturated heterocycles. The average molecular weight is 451 g/mol. The van der Waals surface area contributed by atoms with Gasteiger partial charge in [-0.1, -0.05) is 20.4 Å². The number of esters is 2. The van der Waals surface area contributed by atoms with E-state index in [1.54, 1.807) is 0 Å². The molecule has 4 aliphatic carbocycles. The number of aliphatic hydroxyl groups excluding tert-OH is 2. The third-order valence-electron chi connectivity index (χ3n) is 9.25. The fourth-order valence-electron chi connectivity index (χ4n) is 7.92. The molecule has 2 bridgehead atoms.